The first-order valence-electron chi connectivity index (χ1n) is 14.1. The lowest BCUT2D eigenvalue weighted by atomic mass is 9.94. The van der Waals surface area contributed by atoms with Gasteiger partial charge in [0.2, 0.25) is 0 Å². The lowest BCUT2D eigenvalue weighted by Crippen LogP contribution is -2.29. The highest BCUT2D eigenvalue weighted by Crippen LogP contribution is 2.46. The lowest BCUT2D eigenvalue weighted by molar-refractivity contribution is -0.132. The molecule has 0 aliphatic carbocycles. The number of carbonyl (C=O) groups is 2. The van der Waals surface area contributed by atoms with Gasteiger partial charge in [-0.3, -0.25) is 14.5 Å². The molecule has 0 bridgehead atoms. The topological polar surface area (TPSA) is 89.0 Å². The molecule has 1 fully saturated rings. The van der Waals surface area contributed by atoms with Crippen molar-refractivity contribution in [1.29, 1.82) is 0 Å². The van der Waals surface area contributed by atoms with E-state index in [1.54, 1.807) is 18.2 Å². The van der Waals surface area contributed by atoms with Gasteiger partial charge in [0.1, 0.15) is 29.1 Å². The van der Waals surface area contributed by atoms with E-state index in [0.29, 0.717) is 34.2 Å². The van der Waals surface area contributed by atoms with Gasteiger partial charge < -0.3 is 14.6 Å². The zero-order chi connectivity index (χ0) is 29.8. The third kappa shape index (κ3) is 4.73. The minimum atomic E-state index is -0.926. The SMILES string of the molecule is Cc1cc(C)c2nc(N3C(=O)C(=O)C(=C(O)c4ccc5c(c4)C[C@H](C)O5)[C@@H]3c3cccc(Oc4ccccc4)c3)sc2c1. The molecule has 3 heterocycles. The summed E-state index contributed by atoms with van der Waals surface area (Å²) in [4.78, 5) is 33.9. The van der Waals surface area contributed by atoms with Crippen molar-refractivity contribution in [1.82, 2.24) is 4.98 Å². The average Bonchev–Trinajstić information content (AvgIpc) is 3.66. The van der Waals surface area contributed by atoms with Gasteiger partial charge in [0.25, 0.3) is 5.78 Å². The number of amides is 1. The second kappa shape index (κ2) is 10.4. The fourth-order valence-electron chi connectivity index (χ4n) is 5.90. The smallest absolute Gasteiger partial charge is 0.301 e. The number of rotatable bonds is 5. The van der Waals surface area contributed by atoms with Crippen LogP contribution in [-0.2, 0) is 16.0 Å². The Labute approximate surface area is 252 Å². The number of nitrogens with zero attached hydrogens (tertiary/aromatic N) is 2. The first-order valence-corrected chi connectivity index (χ1v) is 14.9. The van der Waals surface area contributed by atoms with Crippen LogP contribution in [0.4, 0.5) is 5.13 Å². The number of fused-ring (bicyclic) bond motifs is 2. The number of hydrogen-bond acceptors (Lipinski definition) is 7. The molecule has 8 heteroatoms. The number of ketones is 1. The van der Waals surface area contributed by atoms with Crippen molar-refractivity contribution in [3.8, 4) is 17.2 Å². The summed E-state index contributed by atoms with van der Waals surface area (Å²) in [5, 5.41) is 12.1. The fourth-order valence-corrected chi connectivity index (χ4v) is 7.07. The number of carbonyl (C=O) groups excluding carboxylic acids is 2. The van der Waals surface area contributed by atoms with Gasteiger partial charge in [-0.05, 0) is 91.6 Å². The standard InChI is InChI=1S/C35H28N2O5S/c1-19-14-20(2)30-28(15-19)43-35(36-30)37-31(22-8-7-11-26(18-22)42-25-9-5-4-6-10-25)29(33(39)34(37)40)32(38)23-12-13-27-24(17-23)16-21(3)41-27/h4-15,17-18,21,31,38H,16H2,1-3H3/t21-,31-/m0/s1. The Balaban J connectivity index is 1.39. The first-order chi connectivity index (χ1) is 20.8. The summed E-state index contributed by atoms with van der Waals surface area (Å²) < 4.78 is 12.8. The normalized spacial score (nSPS) is 19.1. The number of anilines is 1. The van der Waals surface area contributed by atoms with Crippen molar-refractivity contribution >= 4 is 44.1 Å². The highest BCUT2D eigenvalue weighted by molar-refractivity contribution is 7.22. The number of aliphatic hydroxyl groups is 1. The number of hydrogen-bond donors (Lipinski definition) is 1. The highest BCUT2D eigenvalue weighted by Gasteiger charge is 2.48. The summed E-state index contributed by atoms with van der Waals surface area (Å²) >= 11 is 1.35. The van der Waals surface area contributed by atoms with Gasteiger partial charge in [0.05, 0.1) is 21.8 Å². The molecule has 0 saturated carbocycles. The van der Waals surface area contributed by atoms with Crippen LogP contribution in [-0.4, -0.2) is 27.9 Å². The largest absolute Gasteiger partial charge is 0.507 e. The summed E-state index contributed by atoms with van der Waals surface area (Å²) in [7, 11) is 0. The van der Waals surface area contributed by atoms with E-state index >= 15 is 0 Å². The zero-order valence-corrected chi connectivity index (χ0v) is 24.6. The number of aromatic nitrogens is 1. The molecule has 1 amide bonds. The van der Waals surface area contributed by atoms with Crippen LogP contribution < -0.4 is 14.4 Å². The van der Waals surface area contributed by atoms with Crippen LogP contribution in [0.25, 0.3) is 16.0 Å². The summed E-state index contributed by atoms with van der Waals surface area (Å²) in [5.41, 5.74) is 4.85. The molecule has 2 aliphatic heterocycles. The molecular weight excluding hydrogens is 560 g/mol. The number of aliphatic hydroxyl groups excluding tert-OH is 1. The molecule has 0 spiro atoms. The van der Waals surface area contributed by atoms with Gasteiger partial charge in [-0.15, -0.1) is 0 Å². The molecule has 5 aromatic rings. The van der Waals surface area contributed by atoms with Crippen molar-refractivity contribution in [2.24, 2.45) is 0 Å². The number of para-hydroxylation sites is 1. The Morgan fingerprint density at radius 2 is 1.77 bits per heavy atom. The van der Waals surface area contributed by atoms with Crippen molar-refractivity contribution < 1.29 is 24.2 Å². The predicted octanol–water partition coefficient (Wildman–Crippen LogP) is 7.66. The van der Waals surface area contributed by atoms with Crippen molar-refractivity contribution in [2.75, 3.05) is 4.90 Å². The molecular formula is C35H28N2O5S. The van der Waals surface area contributed by atoms with Gasteiger partial charge in [0.15, 0.2) is 5.13 Å². The molecule has 43 heavy (non-hydrogen) atoms. The third-order valence-corrected chi connectivity index (χ3v) is 8.79. The summed E-state index contributed by atoms with van der Waals surface area (Å²) in [6, 6.07) is 25.1. The Hall–Kier alpha value is -4.95. The van der Waals surface area contributed by atoms with Gasteiger partial charge in [-0.1, -0.05) is 47.7 Å². The van der Waals surface area contributed by atoms with E-state index in [0.717, 1.165) is 32.7 Å². The quantitative estimate of drug-likeness (QED) is 0.129. The van der Waals surface area contributed by atoms with Crippen LogP contribution in [0, 0.1) is 13.8 Å². The highest BCUT2D eigenvalue weighted by atomic mass is 32.1. The monoisotopic (exact) mass is 588 g/mol. The summed E-state index contributed by atoms with van der Waals surface area (Å²) in [6.07, 6.45) is 0.717. The van der Waals surface area contributed by atoms with Crippen LogP contribution in [0.3, 0.4) is 0 Å². The van der Waals surface area contributed by atoms with Crippen LogP contribution in [0.1, 0.15) is 40.8 Å². The molecule has 0 unspecified atom stereocenters. The predicted molar refractivity (Wildman–Crippen MR) is 167 cm³/mol. The molecule has 4 aromatic carbocycles. The Morgan fingerprint density at radius 1 is 0.977 bits per heavy atom. The molecule has 7 rings (SSSR count). The summed E-state index contributed by atoms with van der Waals surface area (Å²) in [5.74, 6) is 0.193. The van der Waals surface area contributed by atoms with Gasteiger partial charge in [0, 0.05) is 12.0 Å². The van der Waals surface area contributed by atoms with Gasteiger partial charge in [-0.25, -0.2) is 4.98 Å². The second-order valence-corrected chi connectivity index (χ2v) is 12.0. The fraction of sp³-hybridized carbons (Fsp3) is 0.171. The molecule has 7 nitrogen and oxygen atoms in total. The minimum absolute atomic E-state index is 0.000864. The van der Waals surface area contributed by atoms with E-state index in [9.17, 15) is 14.7 Å². The van der Waals surface area contributed by atoms with Crippen LogP contribution >= 0.6 is 11.3 Å². The van der Waals surface area contributed by atoms with Crippen LogP contribution in [0.15, 0.2) is 90.5 Å². The second-order valence-electron chi connectivity index (χ2n) is 11.0. The molecule has 1 saturated heterocycles. The van der Waals surface area contributed by atoms with Gasteiger partial charge in [-0.2, -0.15) is 0 Å². The molecule has 1 aromatic heterocycles. The molecule has 2 atom stereocenters. The maximum absolute atomic E-state index is 13.8. The Kier molecular flexibility index (Phi) is 6.51. The first kappa shape index (κ1) is 26.9. The van der Waals surface area contributed by atoms with E-state index in [4.69, 9.17) is 14.5 Å². The van der Waals surface area contributed by atoms with E-state index in [2.05, 4.69) is 0 Å². The van der Waals surface area contributed by atoms with Crippen LogP contribution in [0.5, 0.6) is 17.2 Å². The van der Waals surface area contributed by atoms with Crippen molar-refractivity contribution in [3.05, 3.63) is 118 Å². The third-order valence-electron chi connectivity index (χ3n) is 7.79. The van der Waals surface area contributed by atoms with E-state index in [1.807, 2.05) is 87.5 Å². The maximum atomic E-state index is 13.8. The lowest BCUT2D eigenvalue weighted by Gasteiger charge is -2.23. The number of ether oxygens (including phenoxy) is 2. The maximum Gasteiger partial charge on any atom is 0.301 e. The number of benzene rings is 4. The number of aryl methyl sites for hydroxylation is 2. The number of thiazole rings is 1. The minimum Gasteiger partial charge on any atom is -0.507 e. The Morgan fingerprint density at radius 3 is 2.58 bits per heavy atom. The number of Topliss-reactive ketones (excluding diaryl/α,β-unsaturated/α-hetero) is 1. The Bertz CT molecular complexity index is 1960. The molecule has 1 N–H and O–H groups in total. The zero-order valence-electron chi connectivity index (χ0n) is 23.8. The average molecular weight is 589 g/mol. The summed E-state index contributed by atoms with van der Waals surface area (Å²) in [6.45, 7) is 5.97. The molecule has 2 aliphatic rings. The molecule has 0 radical (unpaired) electrons. The van der Waals surface area contributed by atoms with Crippen molar-refractivity contribution in [2.45, 2.75) is 39.3 Å². The van der Waals surface area contributed by atoms with E-state index in [-0.39, 0.29) is 17.4 Å². The van der Waals surface area contributed by atoms with Crippen molar-refractivity contribution in [3.63, 3.8) is 0 Å². The van der Waals surface area contributed by atoms with E-state index < -0.39 is 17.7 Å². The van der Waals surface area contributed by atoms with E-state index in [1.165, 1.54) is 16.2 Å². The van der Waals surface area contributed by atoms with Gasteiger partial charge >= 0.3 is 5.91 Å². The molecule has 214 valence electrons. The van der Waals surface area contributed by atoms with Crippen LogP contribution in [0.2, 0.25) is 0 Å².